The highest BCUT2D eigenvalue weighted by Crippen LogP contribution is 2.39. The molecule has 32 heavy (non-hydrogen) atoms. The monoisotopic (exact) mass is 466 g/mol. The summed E-state index contributed by atoms with van der Waals surface area (Å²) in [5.74, 6) is -0.832. The van der Waals surface area contributed by atoms with Gasteiger partial charge in [0.1, 0.15) is 0 Å². The average Bonchev–Trinajstić information content (AvgIpc) is 3.33. The van der Waals surface area contributed by atoms with Crippen molar-refractivity contribution in [1.82, 2.24) is 10.2 Å². The molecule has 0 bridgehead atoms. The molecule has 1 aromatic carbocycles. The number of alkyl halides is 6. The standard InChI is InChI=1S/C18H16F6N4O4/c19-17(20,21)12-5-11(2-1-9(12)6-25)28-8-13(32-15(28)18(22,23)24)14(29)27-4-3-10(7-27)26-16(30)31/h1-2,5,10,13,15,26H,3-4,7-8H2,(H,30,31)/t10-,13+,15-/m1/s1. The molecular formula is C18H16F6N4O4. The predicted molar refractivity (Wildman–Crippen MR) is 94.4 cm³/mol. The quantitative estimate of drug-likeness (QED) is 0.664. The third-order valence-electron chi connectivity index (χ3n) is 5.08. The maximum atomic E-state index is 13.6. The van der Waals surface area contributed by atoms with Crippen LogP contribution in [0.5, 0.6) is 0 Å². The summed E-state index contributed by atoms with van der Waals surface area (Å²) in [5, 5.41) is 19.8. The highest BCUT2D eigenvalue weighted by atomic mass is 19.4. The Balaban J connectivity index is 1.85. The number of halogens is 6. The molecule has 0 unspecified atom stereocenters. The number of ether oxygens (including phenoxy) is 1. The number of carbonyl (C=O) groups is 2. The molecule has 0 radical (unpaired) electrons. The van der Waals surface area contributed by atoms with Crippen molar-refractivity contribution in [1.29, 1.82) is 5.26 Å². The van der Waals surface area contributed by atoms with Gasteiger partial charge in [0.25, 0.3) is 5.91 Å². The van der Waals surface area contributed by atoms with E-state index in [1.165, 1.54) is 6.07 Å². The fourth-order valence-electron chi connectivity index (χ4n) is 3.68. The fraction of sp³-hybridized carbons (Fsp3) is 0.500. The van der Waals surface area contributed by atoms with Gasteiger partial charge in [-0.3, -0.25) is 4.79 Å². The van der Waals surface area contributed by atoms with Gasteiger partial charge in [0, 0.05) is 18.8 Å². The van der Waals surface area contributed by atoms with E-state index in [0.717, 1.165) is 17.0 Å². The Morgan fingerprint density at radius 3 is 2.44 bits per heavy atom. The van der Waals surface area contributed by atoms with Gasteiger partial charge in [-0.2, -0.15) is 31.6 Å². The number of hydrogen-bond acceptors (Lipinski definition) is 5. The number of nitrogens with one attached hydrogen (secondary N) is 1. The Kier molecular flexibility index (Phi) is 6.14. The fourth-order valence-corrected chi connectivity index (χ4v) is 3.68. The Labute approximate surface area is 176 Å². The molecule has 2 N–H and O–H groups in total. The summed E-state index contributed by atoms with van der Waals surface area (Å²) in [7, 11) is 0. The van der Waals surface area contributed by atoms with E-state index in [2.05, 4.69) is 5.32 Å². The normalized spacial score (nSPS) is 23.8. The highest BCUT2D eigenvalue weighted by molar-refractivity contribution is 5.83. The Hall–Kier alpha value is -3.21. The van der Waals surface area contributed by atoms with Gasteiger partial charge in [-0.1, -0.05) is 0 Å². The molecule has 0 aromatic heterocycles. The summed E-state index contributed by atoms with van der Waals surface area (Å²) in [5.41, 5.74) is -2.68. The molecular weight excluding hydrogens is 450 g/mol. The van der Waals surface area contributed by atoms with Crippen molar-refractivity contribution in [3.63, 3.8) is 0 Å². The number of likely N-dealkylation sites (tertiary alicyclic amines) is 1. The summed E-state index contributed by atoms with van der Waals surface area (Å²) in [6.45, 7) is -0.675. The first-order valence-electron chi connectivity index (χ1n) is 9.19. The molecule has 3 atom stereocenters. The first-order valence-corrected chi connectivity index (χ1v) is 9.19. The lowest BCUT2D eigenvalue weighted by Crippen LogP contribution is -2.42. The van der Waals surface area contributed by atoms with Gasteiger partial charge >= 0.3 is 18.4 Å². The number of carbonyl (C=O) groups excluding carboxylic acids is 1. The summed E-state index contributed by atoms with van der Waals surface area (Å²) >= 11 is 0. The van der Waals surface area contributed by atoms with Crippen molar-refractivity contribution in [2.24, 2.45) is 0 Å². The number of anilines is 1. The van der Waals surface area contributed by atoms with Crippen LogP contribution in [-0.2, 0) is 15.7 Å². The largest absolute Gasteiger partial charge is 0.465 e. The Morgan fingerprint density at radius 2 is 1.88 bits per heavy atom. The lowest BCUT2D eigenvalue weighted by Gasteiger charge is -2.27. The minimum Gasteiger partial charge on any atom is -0.465 e. The first-order chi connectivity index (χ1) is 14.8. The van der Waals surface area contributed by atoms with Crippen molar-refractivity contribution in [3.8, 4) is 6.07 Å². The van der Waals surface area contributed by atoms with Gasteiger partial charge in [0.05, 0.1) is 29.8 Å². The predicted octanol–water partition coefficient (Wildman–Crippen LogP) is 2.54. The maximum Gasteiger partial charge on any atom is 0.433 e. The second-order valence-electron chi connectivity index (χ2n) is 7.23. The van der Waals surface area contributed by atoms with Crippen molar-refractivity contribution < 1.29 is 45.8 Å². The minimum atomic E-state index is -5.03. The molecule has 2 amide bonds. The summed E-state index contributed by atoms with van der Waals surface area (Å²) in [6, 6.07) is 2.83. The van der Waals surface area contributed by atoms with Gasteiger partial charge in [-0.15, -0.1) is 0 Å². The topological polar surface area (TPSA) is 106 Å². The molecule has 2 aliphatic rings. The molecule has 1 aromatic rings. The van der Waals surface area contributed by atoms with E-state index in [0.29, 0.717) is 11.0 Å². The number of benzene rings is 1. The molecule has 8 nitrogen and oxygen atoms in total. The summed E-state index contributed by atoms with van der Waals surface area (Å²) in [4.78, 5) is 25.0. The minimum absolute atomic E-state index is 0.0727. The van der Waals surface area contributed by atoms with E-state index < -0.39 is 66.1 Å². The second kappa shape index (κ2) is 8.38. The van der Waals surface area contributed by atoms with Crippen LogP contribution in [-0.4, -0.2) is 66.2 Å². The number of nitriles is 1. The lowest BCUT2D eigenvalue weighted by atomic mass is 10.1. The third kappa shape index (κ3) is 4.82. The van der Waals surface area contributed by atoms with Crippen molar-refractivity contribution in [2.45, 2.75) is 37.1 Å². The molecule has 2 heterocycles. The molecule has 3 rings (SSSR count). The van der Waals surface area contributed by atoms with Gasteiger partial charge in [0.15, 0.2) is 6.10 Å². The summed E-state index contributed by atoms with van der Waals surface area (Å²) < 4.78 is 85.3. The van der Waals surface area contributed by atoms with Crippen LogP contribution < -0.4 is 10.2 Å². The number of amides is 2. The van der Waals surface area contributed by atoms with Gasteiger partial charge in [0.2, 0.25) is 6.23 Å². The SMILES string of the molecule is N#Cc1ccc(N2C[C@@H](C(=O)N3CC[C@@H](NC(=O)O)C3)O[C@@H]2C(F)(F)F)cc1C(F)(F)F. The zero-order valence-electron chi connectivity index (χ0n) is 16.1. The van der Waals surface area contributed by atoms with E-state index in [4.69, 9.17) is 15.1 Å². The zero-order chi connectivity index (χ0) is 23.8. The van der Waals surface area contributed by atoms with E-state index in [-0.39, 0.29) is 19.5 Å². The van der Waals surface area contributed by atoms with Gasteiger partial charge in [-0.05, 0) is 24.6 Å². The van der Waals surface area contributed by atoms with E-state index in [9.17, 15) is 35.9 Å². The molecule has 2 saturated heterocycles. The molecule has 0 aliphatic carbocycles. The highest BCUT2D eigenvalue weighted by Gasteiger charge is 2.53. The molecule has 14 heteroatoms. The molecule has 0 saturated carbocycles. The number of nitrogens with zero attached hydrogens (tertiary/aromatic N) is 3. The van der Waals surface area contributed by atoms with Crippen LogP contribution in [0.25, 0.3) is 0 Å². The number of carboxylic acid groups (broad SMARTS) is 1. The van der Waals surface area contributed by atoms with Crippen molar-refractivity contribution in [3.05, 3.63) is 29.3 Å². The first kappa shape index (κ1) is 23.5. The second-order valence-corrected chi connectivity index (χ2v) is 7.23. The smallest absolute Gasteiger partial charge is 0.433 e. The van der Waals surface area contributed by atoms with Gasteiger partial charge < -0.3 is 25.0 Å². The van der Waals surface area contributed by atoms with Crippen LogP contribution in [0.15, 0.2) is 18.2 Å². The lowest BCUT2D eigenvalue weighted by molar-refractivity contribution is -0.214. The molecule has 2 aliphatic heterocycles. The number of rotatable bonds is 3. The average molecular weight is 466 g/mol. The van der Waals surface area contributed by atoms with Crippen LogP contribution >= 0.6 is 0 Å². The van der Waals surface area contributed by atoms with Gasteiger partial charge in [-0.25, -0.2) is 4.79 Å². The van der Waals surface area contributed by atoms with Crippen LogP contribution in [0.1, 0.15) is 17.5 Å². The van der Waals surface area contributed by atoms with E-state index >= 15 is 0 Å². The third-order valence-corrected chi connectivity index (χ3v) is 5.08. The van der Waals surface area contributed by atoms with Crippen LogP contribution in [0.4, 0.5) is 36.8 Å². The van der Waals surface area contributed by atoms with Crippen LogP contribution in [0.2, 0.25) is 0 Å². The zero-order valence-corrected chi connectivity index (χ0v) is 16.1. The van der Waals surface area contributed by atoms with Crippen LogP contribution in [0.3, 0.4) is 0 Å². The molecule has 2 fully saturated rings. The number of hydrogen-bond donors (Lipinski definition) is 2. The summed E-state index contributed by atoms with van der Waals surface area (Å²) in [6.07, 6.45) is -15.4. The van der Waals surface area contributed by atoms with E-state index in [1.807, 2.05) is 0 Å². The van der Waals surface area contributed by atoms with E-state index in [1.54, 1.807) is 0 Å². The van der Waals surface area contributed by atoms with Crippen LogP contribution in [0, 0.1) is 11.3 Å². The Bertz CT molecular complexity index is 945. The Morgan fingerprint density at radius 1 is 1.19 bits per heavy atom. The maximum absolute atomic E-state index is 13.6. The molecule has 174 valence electrons. The molecule has 0 spiro atoms. The van der Waals surface area contributed by atoms with Crippen molar-refractivity contribution >= 4 is 17.7 Å². The van der Waals surface area contributed by atoms with Crippen molar-refractivity contribution in [2.75, 3.05) is 24.5 Å².